The van der Waals surface area contributed by atoms with Crippen molar-refractivity contribution in [2.75, 3.05) is 13.2 Å². The van der Waals surface area contributed by atoms with Crippen LogP contribution in [0.4, 0.5) is 11.4 Å². The third-order valence-corrected chi connectivity index (χ3v) is 6.57. The molecule has 222 valence electrons. The molecule has 0 bridgehead atoms. The first-order valence-corrected chi connectivity index (χ1v) is 14.1. The molecule has 8 nitrogen and oxygen atoms in total. The number of hydrogen-bond acceptors (Lipinski definition) is 8. The largest absolute Gasteiger partial charge is 0.462 e. The van der Waals surface area contributed by atoms with Crippen LogP contribution >= 0.6 is 0 Å². The van der Waals surface area contributed by atoms with Gasteiger partial charge in [-0.2, -0.15) is 0 Å². The van der Waals surface area contributed by atoms with Gasteiger partial charge in [0, 0.05) is 23.6 Å². The molecule has 0 radical (unpaired) electrons. The highest BCUT2D eigenvalue weighted by Gasteiger charge is 2.09. The molecule has 0 fully saturated rings. The molecular weight excluding hydrogens is 556 g/mol. The van der Waals surface area contributed by atoms with E-state index < -0.39 is 11.9 Å². The summed E-state index contributed by atoms with van der Waals surface area (Å²) in [6.45, 7) is 3.46. The van der Waals surface area contributed by atoms with Gasteiger partial charge in [-0.05, 0) is 111 Å². The van der Waals surface area contributed by atoms with Crippen LogP contribution in [0.15, 0.2) is 107 Å². The lowest BCUT2D eigenvalue weighted by atomic mass is 10.1. The minimum absolute atomic E-state index is 0.00368. The van der Waals surface area contributed by atoms with Gasteiger partial charge in [0.15, 0.2) is 11.6 Å². The Morgan fingerprint density at radius 1 is 0.500 bits per heavy atom. The summed E-state index contributed by atoms with van der Waals surface area (Å²) in [5.41, 5.74) is 5.20. The number of carbonyl (C=O) groups excluding carboxylic acids is 4. The van der Waals surface area contributed by atoms with E-state index in [0.717, 1.165) is 22.5 Å². The minimum atomic E-state index is -0.429. The van der Waals surface area contributed by atoms with Crippen LogP contribution in [0.25, 0.3) is 0 Å². The normalized spacial score (nSPS) is 11.0. The SMILES string of the molecule is CC(=O)c1ccc(N=Cc2ccc(C(=O)OCCCCOC(=O)c3ccc(C=Nc4ccc(C(C)=O)cc4)cc3)cc2)cc1. The second-order valence-electron chi connectivity index (χ2n) is 9.95. The number of ketones is 2. The van der Waals surface area contributed by atoms with E-state index in [4.69, 9.17) is 9.47 Å². The fraction of sp³-hybridized carbons (Fsp3) is 0.167. The van der Waals surface area contributed by atoms with Crippen molar-refractivity contribution in [1.82, 2.24) is 0 Å². The molecule has 0 saturated carbocycles. The topological polar surface area (TPSA) is 111 Å². The summed E-state index contributed by atoms with van der Waals surface area (Å²) in [5.74, 6) is -0.850. The fourth-order valence-electron chi connectivity index (χ4n) is 3.97. The van der Waals surface area contributed by atoms with Crippen LogP contribution in [-0.4, -0.2) is 49.1 Å². The van der Waals surface area contributed by atoms with Gasteiger partial charge in [-0.25, -0.2) is 9.59 Å². The minimum Gasteiger partial charge on any atom is -0.462 e. The number of unbranched alkanes of at least 4 members (excludes halogenated alkanes) is 1. The maximum absolute atomic E-state index is 12.4. The Bertz CT molecular complexity index is 1530. The number of Topliss-reactive ketones (excluding diaryl/α,β-unsaturated/α-hetero) is 2. The van der Waals surface area contributed by atoms with Gasteiger partial charge in [-0.1, -0.05) is 24.3 Å². The van der Waals surface area contributed by atoms with E-state index in [0.29, 0.717) is 35.1 Å². The fourth-order valence-corrected chi connectivity index (χ4v) is 3.97. The summed E-state index contributed by atoms with van der Waals surface area (Å²) in [7, 11) is 0. The molecule has 0 spiro atoms. The summed E-state index contributed by atoms with van der Waals surface area (Å²) in [5, 5.41) is 0. The Kier molecular flexibility index (Phi) is 11.2. The van der Waals surface area contributed by atoms with Gasteiger partial charge in [-0.15, -0.1) is 0 Å². The number of hydrogen-bond donors (Lipinski definition) is 0. The Morgan fingerprint density at radius 2 is 0.818 bits per heavy atom. The van der Waals surface area contributed by atoms with Gasteiger partial charge in [0.1, 0.15) is 0 Å². The third-order valence-electron chi connectivity index (χ3n) is 6.57. The summed E-state index contributed by atoms with van der Waals surface area (Å²) in [6, 6.07) is 27.8. The van der Waals surface area contributed by atoms with Gasteiger partial charge in [0.2, 0.25) is 0 Å². The summed E-state index contributed by atoms with van der Waals surface area (Å²) in [6.07, 6.45) is 4.46. The number of esters is 2. The van der Waals surface area contributed by atoms with Crippen LogP contribution in [0, 0.1) is 0 Å². The second-order valence-corrected chi connectivity index (χ2v) is 9.95. The zero-order valence-corrected chi connectivity index (χ0v) is 24.6. The number of rotatable bonds is 13. The number of nitrogens with zero attached hydrogens (tertiary/aromatic N) is 2. The van der Waals surface area contributed by atoms with Crippen molar-refractivity contribution in [3.8, 4) is 0 Å². The number of benzene rings is 4. The van der Waals surface area contributed by atoms with Crippen LogP contribution in [0.3, 0.4) is 0 Å². The van der Waals surface area contributed by atoms with Crippen LogP contribution in [0.5, 0.6) is 0 Å². The molecule has 0 aliphatic heterocycles. The molecule has 0 aliphatic carbocycles. The van der Waals surface area contributed by atoms with E-state index in [2.05, 4.69) is 9.98 Å². The van der Waals surface area contributed by atoms with E-state index in [1.807, 2.05) is 0 Å². The van der Waals surface area contributed by atoms with Crippen molar-refractivity contribution in [1.29, 1.82) is 0 Å². The number of ether oxygens (including phenoxy) is 2. The highest BCUT2D eigenvalue weighted by molar-refractivity contribution is 5.95. The van der Waals surface area contributed by atoms with Gasteiger partial charge >= 0.3 is 11.9 Å². The zero-order valence-electron chi connectivity index (χ0n) is 24.6. The standard InChI is InChI=1S/C36H32N2O6/c1-25(39)29-13-17-33(18-14-29)37-23-27-5-9-31(10-6-27)35(41)43-21-3-4-22-44-36(42)32-11-7-28(8-12-32)24-38-34-19-15-30(16-20-34)26(2)40/h5-20,23-24H,3-4,21-22H2,1-2H3. The summed E-state index contributed by atoms with van der Waals surface area (Å²) >= 11 is 0. The molecule has 4 aromatic rings. The first-order valence-electron chi connectivity index (χ1n) is 14.1. The lowest BCUT2D eigenvalue weighted by Gasteiger charge is -2.07. The van der Waals surface area contributed by atoms with Gasteiger partial charge in [0.05, 0.1) is 35.7 Å². The molecule has 0 aromatic heterocycles. The molecule has 4 aromatic carbocycles. The molecule has 0 aliphatic rings. The number of carbonyl (C=O) groups is 4. The second kappa shape index (κ2) is 15.7. The Morgan fingerprint density at radius 3 is 1.14 bits per heavy atom. The van der Waals surface area contributed by atoms with Crippen LogP contribution < -0.4 is 0 Å². The third kappa shape index (κ3) is 9.52. The molecule has 8 heteroatoms. The highest BCUT2D eigenvalue weighted by atomic mass is 16.5. The van der Waals surface area contributed by atoms with E-state index in [-0.39, 0.29) is 24.8 Å². The van der Waals surface area contributed by atoms with E-state index >= 15 is 0 Å². The smallest absolute Gasteiger partial charge is 0.338 e. The van der Waals surface area contributed by atoms with Crippen LogP contribution in [0.2, 0.25) is 0 Å². The first kappa shape index (κ1) is 31.4. The zero-order chi connectivity index (χ0) is 31.3. The predicted molar refractivity (Wildman–Crippen MR) is 170 cm³/mol. The molecule has 44 heavy (non-hydrogen) atoms. The van der Waals surface area contributed by atoms with E-state index in [9.17, 15) is 19.2 Å². The Balaban J connectivity index is 1.13. The molecule has 0 heterocycles. The monoisotopic (exact) mass is 588 g/mol. The first-order chi connectivity index (χ1) is 21.3. The van der Waals surface area contributed by atoms with Crippen molar-refractivity contribution in [3.05, 3.63) is 130 Å². The lowest BCUT2D eigenvalue weighted by molar-refractivity contribution is 0.0432. The molecule has 0 amide bonds. The predicted octanol–water partition coefficient (Wildman–Crippen LogP) is 7.39. The molecule has 0 N–H and O–H groups in total. The Labute approximate surface area is 256 Å². The van der Waals surface area contributed by atoms with E-state index in [1.165, 1.54) is 13.8 Å². The maximum atomic E-state index is 12.4. The van der Waals surface area contributed by atoms with E-state index in [1.54, 1.807) is 109 Å². The van der Waals surface area contributed by atoms with Crippen LogP contribution in [0.1, 0.15) is 79.2 Å². The highest BCUT2D eigenvalue weighted by Crippen LogP contribution is 2.15. The van der Waals surface area contributed by atoms with Gasteiger partial charge < -0.3 is 9.47 Å². The van der Waals surface area contributed by atoms with Crippen molar-refractivity contribution in [2.24, 2.45) is 9.98 Å². The molecular formula is C36H32N2O6. The molecule has 4 rings (SSSR count). The van der Waals surface area contributed by atoms with Crippen molar-refractivity contribution in [3.63, 3.8) is 0 Å². The average molecular weight is 589 g/mol. The molecule has 0 unspecified atom stereocenters. The quantitative estimate of drug-likeness (QED) is 0.0697. The van der Waals surface area contributed by atoms with Crippen molar-refractivity contribution < 1.29 is 28.7 Å². The van der Waals surface area contributed by atoms with Crippen LogP contribution in [-0.2, 0) is 9.47 Å². The van der Waals surface area contributed by atoms with Crippen molar-refractivity contribution >= 4 is 47.3 Å². The van der Waals surface area contributed by atoms with Crippen molar-refractivity contribution in [2.45, 2.75) is 26.7 Å². The summed E-state index contributed by atoms with van der Waals surface area (Å²) < 4.78 is 10.7. The Hall–Kier alpha value is -5.50. The average Bonchev–Trinajstić information content (AvgIpc) is 3.05. The maximum Gasteiger partial charge on any atom is 0.338 e. The van der Waals surface area contributed by atoms with Gasteiger partial charge in [0.25, 0.3) is 0 Å². The molecule has 0 atom stereocenters. The van der Waals surface area contributed by atoms with Gasteiger partial charge in [-0.3, -0.25) is 19.6 Å². The molecule has 0 saturated heterocycles. The number of aliphatic imine (C=N–C) groups is 2. The summed E-state index contributed by atoms with van der Waals surface area (Å²) in [4.78, 5) is 56.2. The lowest BCUT2D eigenvalue weighted by Crippen LogP contribution is -2.09.